The smallest absolute Gasteiger partial charge is 0.191 e. The molecule has 1 fully saturated rings. The lowest BCUT2D eigenvalue weighted by molar-refractivity contribution is -0.154. The summed E-state index contributed by atoms with van der Waals surface area (Å²) in [6.07, 6.45) is 6.45. The normalized spacial score (nSPS) is 19.6. The molecule has 0 aromatic rings. The molecule has 1 saturated heterocycles. The van der Waals surface area contributed by atoms with Crippen LogP contribution in [0, 0.1) is 11.8 Å². The van der Waals surface area contributed by atoms with Gasteiger partial charge in [0.15, 0.2) is 14.6 Å². The van der Waals surface area contributed by atoms with Crippen molar-refractivity contribution in [1.82, 2.24) is 0 Å². The van der Waals surface area contributed by atoms with Crippen LogP contribution in [0.2, 0.25) is 18.1 Å². The third kappa shape index (κ3) is 7.78. The molecule has 0 bridgehead atoms. The Hall–Kier alpha value is -0.343. The van der Waals surface area contributed by atoms with Crippen molar-refractivity contribution in [2.24, 2.45) is 0 Å². The van der Waals surface area contributed by atoms with Gasteiger partial charge in [-0.15, -0.1) is 5.92 Å². The summed E-state index contributed by atoms with van der Waals surface area (Å²) < 4.78 is 17.2. The van der Waals surface area contributed by atoms with E-state index in [1.165, 1.54) is 6.42 Å². The highest BCUT2D eigenvalue weighted by Gasteiger charge is 2.36. The minimum atomic E-state index is -1.58. The molecule has 0 amide bonds. The van der Waals surface area contributed by atoms with Gasteiger partial charge < -0.3 is 13.9 Å². The van der Waals surface area contributed by atoms with Crippen molar-refractivity contribution in [3.05, 3.63) is 0 Å². The zero-order chi connectivity index (χ0) is 16.5. The largest absolute Gasteiger partial charge is 0.417 e. The Morgan fingerprint density at radius 1 is 1.14 bits per heavy atom. The van der Waals surface area contributed by atoms with Gasteiger partial charge in [0.1, 0.15) is 6.61 Å². The molecule has 3 nitrogen and oxygen atoms in total. The van der Waals surface area contributed by atoms with Crippen LogP contribution >= 0.6 is 0 Å². The van der Waals surface area contributed by atoms with Gasteiger partial charge in [0.2, 0.25) is 0 Å². The van der Waals surface area contributed by atoms with E-state index in [4.69, 9.17) is 13.9 Å². The highest BCUT2D eigenvalue weighted by molar-refractivity contribution is 6.74. The molecular weight excluding hydrogens is 292 g/mol. The quantitative estimate of drug-likeness (QED) is 0.385. The van der Waals surface area contributed by atoms with Crippen molar-refractivity contribution in [2.75, 3.05) is 19.8 Å². The number of hydrogen-bond donors (Lipinski definition) is 0. The van der Waals surface area contributed by atoms with Crippen molar-refractivity contribution in [2.45, 2.75) is 83.7 Å². The molecule has 1 heterocycles. The molecule has 4 heteroatoms. The lowest BCUT2D eigenvalue weighted by Gasteiger charge is -2.36. The summed E-state index contributed by atoms with van der Waals surface area (Å²) in [7, 11) is -1.58. The maximum absolute atomic E-state index is 6.15. The summed E-state index contributed by atoms with van der Waals surface area (Å²) in [5, 5.41) is 0.297. The summed E-state index contributed by atoms with van der Waals surface area (Å²) in [5.74, 6) is 6.26. The summed E-state index contributed by atoms with van der Waals surface area (Å²) in [6, 6.07) is 0. The Kier molecular flexibility index (Phi) is 8.70. The van der Waals surface area contributed by atoms with Gasteiger partial charge in [-0.25, -0.2) is 0 Å². The summed E-state index contributed by atoms with van der Waals surface area (Å²) in [5.41, 5.74) is 0. The number of unbranched alkanes of at least 4 members (excludes halogenated alkanes) is 2. The van der Waals surface area contributed by atoms with Crippen LogP contribution in [0.25, 0.3) is 0 Å². The monoisotopic (exact) mass is 326 g/mol. The van der Waals surface area contributed by atoms with E-state index in [1.54, 1.807) is 0 Å². The molecule has 0 saturated carbocycles. The first kappa shape index (κ1) is 19.7. The minimum Gasteiger partial charge on any atom is -0.417 e. The fourth-order valence-corrected chi connectivity index (χ4v) is 3.06. The third-order valence-corrected chi connectivity index (χ3v) is 9.11. The predicted molar refractivity (Wildman–Crippen MR) is 94.3 cm³/mol. The second kappa shape index (κ2) is 9.72. The van der Waals surface area contributed by atoms with Crippen LogP contribution in [0.3, 0.4) is 0 Å². The van der Waals surface area contributed by atoms with Gasteiger partial charge in [-0.2, -0.15) is 0 Å². The first-order valence-electron chi connectivity index (χ1n) is 8.66. The summed E-state index contributed by atoms with van der Waals surface area (Å²) >= 11 is 0. The van der Waals surface area contributed by atoms with E-state index in [2.05, 4.69) is 45.7 Å². The van der Waals surface area contributed by atoms with E-state index in [9.17, 15) is 0 Å². The van der Waals surface area contributed by atoms with Gasteiger partial charge in [0.05, 0.1) is 0 Å². The molecule has 1 aliphatic rings. The topological polar surface area (TPSA) is 27.7 Å². The Labute approximate surface area is 138 Å². The van der Waals surface area contributed by atoms with E-state index >= 15 is 0 Å². The predicted octanol–water partition coefficient (Wildman–Crippen LogP) is 4.73. The Morgan fingerprint density at radius 2 is 1.91 bits per heavy atom. The molecule has 1 aliphatic heterocycles. The van der Waals surface area contributed by atoms with Crippen molar-refractivity contribution >= 4 is 8.32 Å². The molecule has 0 aliphatic carbocycles. The van der Waals surface area contributed by atoms with Crippen LogP contribution in [0.1, 0.15) is 59.3 Å². The van der Waals surface area contributed by atoms with Crippen LogP contribution in [-0.4, -0.2) is 34.4 Å². The Balaban J connectivity index is 2.00. The maximum atomic E-state index is 6.15. The van der Waals surface area contributed by atoms with Gasteiger partial charge in [-0.1, -0.05) is 26.7 Å². The first-order chi connectivity index (χ1) is 10.3. The van der Waals surface area contributed by atoms with E-state index in [-0.39, 0.29) is 6.29 Å². The van der Waals surface area contributed by atoms with Crippen molar-refractivity contribution in [3.63, 3.8) is 0 Å². The van der Waals surface area contributed by atoms with E-state index in [0.717, 1.165) is 45.3 Å². The van der Waals surface area contributed by atoms with Crippen molar-refractivity contribution in [3.8, 4) is 11.8 Å². The second-order valence-corrected chi connectivity index (χ2v) is 12.3. The third-order valence-electron chi connectivity index (χ3n) is 4.57. The second-order valence-electron chi connectivity index (χ2n) is 7.53. The van der Waals surface area contributed by atoms with Crippen LogP contribution < -0.4 is 0 Å². The zero-order valence-corrected chi connectivity index (χ0v) is 16.2. The standard InChI is InChI=1S/C18H34O3Si/c1-18(2,3)22(4,5)21-16-11-8-6-7-10-14-19-17-13-9-12-15-20-17/h17H,6,8-9,11-16H2,1-5H3. The van der Waals surface area contributed by atoms with Crippen molar-refractivity contribution in [1.29, 1.82) is 0 Å². The average molecular weight is 327 g/mol. The molecule has 0 aromatic heterocycles. The number of ether oxygens (including phenoxy) is 2. The van der Waals surface area contributed by atoms with E-state index in [0.29, 0.717) is 11.6 Å². The van der Waals surface area contributed by atoms with Crippen LogP contribution in [0.15, 0.2) is 0 Å². The molecule has 0 radical (unpaired) electrons. The first-order valence-corrected chi connectivity index (χ1v) is 11.6. The molecule has 0 aromatic carbocycles. The Bertz CT molecular complexity index is 357. The Morgan fingerprint density at radius 3 is 2.55 bits per heavy atom. The van der Waals surface area contributed by atoms with Gasteiger partial charge in [-0.3, -0.25) is 0 Å². The maximum Gasteiger partial charge on any atom is 0.191 e. The molecule has 1 atom stereocenters. The molecule has 0 N–H and O–H groups in total. The fraction of sp³-hybridized carbons (Fsp3) is 0.889. The number of rotatable bonds is 7. The molecular formula is C18H34O3Si. The van der Waals surface area contributed by atoms with Gasteiger partial charge >= 0.3 is 0 Å². The molecule has 22 heavy (non-hydrogen) atoms. The minimum absolute atomic E-state index is 0.0268. The number of hydrogen-bond acceptors (Lipinski definition) is 3. The highest BCUT2D eigenvalue weighted by atomic mass is 28.4. The van der Waals surface area contributed by atoms with Gasteiger partial charge in [-0.05, 0) is 50.2 Å². The van der Waals surface area contributed by atoms with Gasteiger partial charge in [0, 0.05) is 19.6 Å². The van der Waals surface area contributed by atoms with Crippen LogP contribution in [0.4, 0.5) is 0 Å². The molecule has 0 spiro atoms. The molecule has 1 unspecified atom stereocenters. The highest BCUT2D eigenvalue weighted by Crippen LogP contribution is 2.36. The zero-order valence-electron chi connectivity index (χ0n) is 15.2. The summed E-state index contributed by atoms with van der Waals surface area (Å²) in [6.45, 7) is 13.6. The van der Waals surface area contributed by atoms with Gasteiger partial charge in [0.25, 0.3) is 0 Å². The average Bonchev–Trinajstić information content (AvgIpc) is 2.45. The van der Waals surface area contributed by atoms with Crippen molar-refractivity contribution < 1.29 is 13.9 Å². The fourth-order valence-electron chi connectivity index (χ4n) is 1.98. The SMILES string of the molecule is CC(C)(C)[Si](C)(C)OCCCCC#CCOC1CCCCO1. The van der Waals surface area contributed by atoms with E-state index in [1.807, 2.05) is 0 Å². The summed E-state index contributed by atoms with van der Waals surface area (Å²) in [4.78, 5) is 0. The van der Waals surface area contributed by atoms with Crippen LogP contribution in [-0.2, 0) is 13.9 Å². The molecule has 128 valence electrons. The lowest BCUT2D eigenvalue weighted by Crippen LogP contribution is -2.40. The van der Waals surface area contributed by atoms with Crippen LogP contribution in [0.5, 0.6) is 0 Å². The molecule has 1 rings (SSSR count). The van der Waals surface area contributed by atoms with E-state index < -0.39 is 8.32 Å². The lowest BCUT2D eigenvalue weighted by atomic mass is 10.2.